The fraction of sp³-hybridized carbons (Fsp3) is 0.111. The average molecular weight is 368 g/mol. The second-order valence-electron chi connectivity index (χ2n) is 5.83. The lowest BCUT2D eigenvalue weighted by Gasteiger charge is -2.05. The fourth-order valence-electron chi connectivity index (χ4n) is 2.82. The zero-order valence-electron chi connectivity index (χ0n) is 13.9. The molecule has 7 nitrogen and oxygen atoms in total. The van der Waals surface area contributed by atoms with Gasteiger partial charge in [-0.2, -0.15) is 5.10 Å². The van der Waals surface area contributed by atoms with E-state index < -0.39 is 9.84 Å². The maximum Gasteiger partial charge on any atom is 0.184 e. The van der Waals surface area contributed by atoms with E-state index in [9.17, 15) is 8.42 Å². The van der Waals surface area contributed by atoms with E-state index in [0.29, 0.717) is 28.3 Å². The van der Waals surface area contributed by atoms with E-state index >= 15 is 0 Å². The van der Waals surface area contributed by atoms with Gasteiger partial charge in [-0.3, -0.25) is 5.10 Å². The summed E-state index contributed by atoms with van der Waals surface area (Å²) in [5.41, 5.74) is 2.57. The van der Waals surface area contributed by atoms with Crippen LogP contribution in [0.25, 0.3) is 22.4 Å². The Hall–Kier alpha value is -3.13. The minimum absolute atomic E-state index is 0.107. The number of rotatable bonds is 5. The number of aromatic nitrogens is 4. The second-order valence-corrected chi connectivity index (χ2v) is 7.82. The molecular weight excluding hydrogens is 352 g/mol. The minimum Gasteiger partial charge on any atom is -0.497 e. The summed E-state index contributed by atoms with van der Waals surface area (Å²) in [6.45, 7) is 0. The molecule has 8 heteroatoms. The van der Waals surface area contributed by atoms with Gasteiger partial charge in [-0.05, 0) is 35.9 Å². The highest BCUT2D eigenvalue weighted by atomic mass is 32.2. The average Bonchev–Trinajstić information content (AvgIpc) is 3.28. The van der Waals surface area contributed by atoms with Crippen molar-refractivity contribution >= 4 is 20.9 Å². The van der Waals surface area contributed by atoms with Crippen LogP contribution in [0.3, 0.4) is 0 Å². The SMILES string of the molecule is COc1cccc(CS(=O)(=O)c2c[nH]c(-c3n[nH]c4ncccc34)c2)c1. The number of nitrogens with zero attached hydrogens (tertiary/aromatic N) is 2. The Morgan fingerprint density at radius 1 is 1.15 bits per heavy atom. The van der Waals surface area contributed by atoms with Crippen molar-refractivity contribution in [2.45, 2.75) is 10.6 Å². The largest absolute Gasteiger partial charge is 0.497 e. The van der Waals surface area contributed by atoms with Crippen LogP contribution in [0.1, 0.15) is 5.56 Å². The Bertz CT molecular complexity index is 1180. The molecule has 26 heavy (non-hydrogen) atoms. The van der Waals surface area contributed by atoms with Crippen LogP contribution in [-0.2, 0) is 15.6 Å². The summed E-state index contributed by atoms with van der Waals surface area (Å²) in [5.74, 6) is 0.521. The number of fused-ring (bicyclic) bond motifs is 1. The van der Waals surface area contributed by atoms with Crippen molar-refractivity contribution in [2.75, 3.05) is 7.11 Å². The van der Waals surface area contributed by atoms with Gasteiger partial charge in [0.15, 0.2) is 15.5 Å². The van der Waals surface area contributed by atoms with Gasteiger partial charge >= 0.3 is 0 Å². The fourth-order valence-corrected chi connectivity index (χ4v) is 4.14. The molecule has 0 atom stereocenters. The van der Waals surface area contributed by atoms with Gasteiger partial charge in [0, 0.05) is 17.8 Å². The molecule has 0 saturated heterocycles. The number of nitrogens with one attached hydrogen (secondary N) is 2. The molecule has 1 aromatic carbocycles. The standard InChI is InChI=1S/C18H16N4O3S/c1-25-13-5-2-4-12(8-13)11-26(23,24)14-9-16(20-10-14)17-15-6-3-7-19-18(15)22-21-17/h2-10,20H,11H2,1H3,(H,19,21,22). The summed E-state index contributed by atoms with van der Waals surface area (Å²) < 4.78 is 30.6. The number of H-pyrrole nitrogens is 2. The summed E-state index contributed by atoms with van der Waals surface area (Å²) in [6, 6.07) is 12.3. The van der Waals surface area contributed by atoms with Gasteiger partial charge in [0.2, 0.25) is 0 Å². The maximum atomic E-state index is 12.7. The number of methoxy groups -OCH3 is 1. The smallest absolute Gasteiger partial charge is 0.184 e. The van der Waals surface area contributed by atoms with Crippen molar-refractivity contribution in [3.05, 3.63) is 60.4 Å². The third kappa shape index (κ3) is 2.95. The molecule has 0 aliphatic rings. The number of ether oxygens (including phenoxy) is 1. The van der Waals surface area contributed by atoms with Crippen LogP contribution in [-0.4, -0.2) is 35.7 Å². The molecule has 0 aliphatic heterocycles. The van der Waals surface area contributed by atoms with E-state index in [2.05, 4.69) is 20.2 Å². The van der Waals surface area contributed by atoms with Crippen molar-refractivity contribution in [3.63, 3.8) is 0 Å². The predicted octanol–water partition coefficient (Wildman–Crippen LogP) is 2.94. The number of aromatic amines is 2. The molecule has 4 aromatic rings. The van der Waals surface area contributed by atoms with Crippen LogP contribution in [0.2, 0.25) is 0 Å². The van der Waals surface area contributed by atoms with E-state index in [4.69, 9.17) is 4.74 Å². The van der Waals surface area contributed by atoms with E-state index in [-0.39, 0.29) is 10.6 Å². The summed E-state index contributed by atoms with van der Waals surface area (Å²) in [4.78, 5) is 7.41. The van der Waals surface area contributed by atoms with Crippen LogP contribution in [0, 0.1) is 0 Å². The molecule has 0 amide bonds. The highest BCUT2D eigenvalue weighted by molar-refractivity contribution is 7.90. The van der Waals surface area contributed by atoms with Gasteiger partial charge in [0.1, 0.15) is 11.4 Å². The van der Waals surface area contributed by atoms with Crippen LogP contribution in [0.4, 0.5) is 0 Å². The molecule has 0 bridgehead atoms. The number of benzene rings is 1. The van der Waals surface area contributed by atoms with Crippen molar-refractivity contribution in [3.8, 4) is 17.1 Å². The first-order valence-corrected chi connectivity index (χ1v) is 9.55. The van der Waals surface area contributed by atoms with Gasteiger partial charge in [-0.1, -0.05) is 12.1 Å². The number of pyridine rings is 1. The summed E-state index contributed by atoms with van der Waals surface area (Å²) in [5, 5.41) is 7.91. The van der Waals surface area contributed by atoms with Crippen molar-refractivity contribution < 1.29 is 13.2 Å². The highest BCUT2D eigenvalue weighted by Gasteiger charge is 2.19. The lowest BCUT2D eigenvalue weighted by Crippen LogP contribution is -2.04. The molecule has 0 spiro atoms. The molecule has 0 saturated carbocycles. The molecule has 4 rings (SSSR count). The lowest BCUT2D eigenvalue weighted by atomic mass is 10.2. The van der Waals surface area contributed by atoms with E-state index in [0.717, 1.165) is 5.39 Å². The molecule has 0 fully saturated rings. The third-order valence-electron chi connectivity index (χ3n) is 4.10. The molecule has 0 radical (unpaired) electrons. The molecule has 132 valence electrons. The minimum atomic E-state index is -3.50. The summed E-state index contributed by atoms with van der Waals surface area (Å²) >= 11 is 0. The molecule has 2 N–H and O–H groups in total. The van der Waals surface area contributed by atoms with E-state index in [1.165, 1.54) is 6.20 Å². The molecular formula is C18H16N4O3S. The number of sulfone groups is 1. The summed E-state index contributed by atoms with van der Waals surface area (Å²) in [6.07, 6.45) is 3.16. The monoisotopic (exact) mass is 368 g/mol. The van der Waals surface area contributed by atoms with Gasteiger partial charge < -0.3 is 9.72 Å². The predicted molar refractivity (Wildman–Crippen MR) is 97.6 cm³/mol. The van der Waals surface area contributed by atoms with Gasteiger partial charge in [-0.15, -0.1) is 0 Å². The van der Waals surface area contributed by atoms with Gasteiger partial charge in [0.25, 0.3) is 0 Å². The highest BCUT2D eigenvalue weighted by Crippen LogP contribution is 2.27. The Morgan fingerprint density at radius 2 is 2.04 bits per heavy atom. The van der Waals surface area contributed by atoms with Crippen molar-refractivity contribution in [1.29, 1.82) is 0 Å². The van der Waals surface area contributed by atoms with E-state index in [1.807, 2.05) is 12.1 Å². The van der Waals surface area contributed by atoms with Gasteiger partial charge in [-0.25, -0.2) is 13.4 Å². The van der Waals surface area contributed by atoms with Crippen LogP contribution >= 0.6 is 0 Å². The van der Waals surface area contributed by atoms with Crippen LogP contribution in [0.15, 0.2) is 59.8 Å². The Morgan fingerprint density at radius 3 is 2.88 bits per heavy atom. The third-order valence-corrected chi connectivity index (χ3v) is 5.77. The molecule has 3 heterocycles. The van der Waals surface area contributed by atoms with Crippen molar-refractivity contribution in [1.82, 2.24) is 20.2 Å². The lowest BCUT2D eigenvalue weighted by molar-refractivity contribution is 0.414. The van der Waals surface area contributed by atoms with Gasteiger partial charge in [0.05, 0.1) is 23.5 Å². The first-order valence-electron chi connectivity index (χ1n) is 7.90. The molecule has 3 aromatic heterocycles. The van der Waals surface area contributed by atoms with Crippen LogP contribution in [0.5, 0.6) is 5.75 Å². The normalized spacial score (nSPS) is 11.7. The Labute approximate surface area is 150 Å². The zero-order chi connectivity index (χ0) is 18.1. The van der Waals surface area contributed by atoms with E-state index in [1.54, 1.807) is 43.6 Å². The molecule has 0 aliphatic carbocycles. The Balaban J connectivity index is 1.66. The van der Waals surface area contributed by atoms with Crippen molar-refractivity contribution in [2.24, 2.45) is 0 Å². The first-order chi connectivity index (χ1) is 12.6. The number of hydrogen-bond donors (Lipinski definition) is 2. The topological polar surface area (TPSA) is 101 Å². The second kappa shape index (κ2) is 6.30. The maximum absolute atomic E-state index is 12.7. The summed E-state index contributed by atoms with van der Waals surface area (Å²) in [7, 11) is -1.95. The van der Waals surface area contributed by atoms with Crippen LogP contribution < -0.4 is 4.74 Å². The Kier molecular flexibility index (Phi) is 3.96. The quantitative estimate of drug-likeness (QED) is 0.564. The first kappa shape index (κ1) is 16.3. The number of hydrogen-bond acceptors (Lipinski definition) is 5. The molecule has 0 unspecified atom stereocenters. The zero-order valence-corrected chi connectivity index (χ0v) is 14.7.